The minimum Gasteiger partial charge on any atom is -0.454 e. The number of likely N-dealkylation sites (tertiary alicyclic amines) is 1. The maximum Gasteiger partial charge on any atom is 0.418 e. The summed E-state index contributed by atoms with van der Waals surface area (Å²) in [6, 6.07) is 4.39. The summed E-state index contributed by atoms with van der Waals surface area (Å²) in [5.41, 5.74) is -1.49. The van der Waals surface area contributed by atoms with Gasteiger partial charge in [0.2, 0.25) is 11.8 Å². The van der Waals surface area contributed by atoms with E-state index in [1.54, 1.807) is 0 Å². The Kier molecular flexibility index (Phi) is 5.90. The molecule has 1 aromatic rings. The van der Waals surface area contributed by atoms with E-state index < -0.39 is 66.1 Å². The first-order valence-corrected chi connectivity index (χ1v) is 9.15. The van der Waals surface area contributed by atoms with Gasteiger partial charge in [0.15, 0.2) is 6.61 Å². The Bertz CT molecular complexity index is 815. The molecule has 1 aliphatic heterocycles. The minimum atomic E-state index is -4.66. The number of carbonyl (C=O) groups excluding carboxylic acids is 4. The second kappa shape index (κ2) is 8.22. The van der Waals surface area contributed by atoms with Crippen LogP contribution < -0.4 is 5.32 Å². The normalized spacial score (nSPS) is 21.7. The van der Waals surface area contributed by atoms with Gasteiger partial charge in [-0.2, -0.15) is 13.2 Å². The van der Waals surface area contributed by atoms with Crippen molar-refractivity contribution < 1.29 is 37.1 Å². The predicted octanol–water partition coefficient (Wildman–Crippen LogP) is 2.36. The molecule has 1 aromatic carbocycles. The van der Waals surface area contributed by atoms with Gasteiger partial charge in [-0.15, -0.1) is 0 Å². The van der Waals surface area contributed by atoms with E-state index in [-0.39, 0.29) is 0 Å². The molecule has 0 bridgehead atoms. The molecule has 0 unspecified atom stereocenters. The van der Waals surface area contributed by atoms with Crippen molar-refractivity contribution in [3.05, 3.63) is 29.8 Å². The van der Waals surface area contributed by atoms with Crippen molar-refractivity contribution in [3.63, 3.8) is 0 Å². The molecule has 2 fully saturated rings. The molecule has 7 nitrogen and oxygen atoms in total. The SMILES string of the molecule is O=C(COC(=O)CN1C(=O)[C@H]2CCCC[C@H]2C1=O)Nc1ccccc1C(F)(F)F. The Balaban J connectivity index is 1.53. The van der Waals surface area contributed by atoms with Crippen LogP contribution in [0.4, 0.5) is 18.9 Å². The Hall–Kier alpha value is -2.91. The van der Waals surface area contributed by atoms with E-state index in [1.807, 2.05) is 5.32 Å². The highest BCUT2D eigenvalue weighted by atomic mass is 19.4. The first kappa shape index (κ1) is 20.8. The third-order valence-corrected chi connectivity index (χ3v) is 5.09. The number of ether oxygens (including phenoxy) is 1. The van der Waals surface area contributed by atoms with Gasteiger partial charge in [-0.3, -0.25) is 24.1 Å². The second-order valence-electron chi connectivity index (χ2n) is 7.01. The van der Waals surface area contributed by atoms with Crippen LogP contribution in [0.5, 0.6) is 0 Å². The summed E-state index contributed by atoms with van der Waals surface area (Å²) in [5, 5.41) is 2.04. The van der Waals surface area contributed by atoms with Gasteiger partial charge in [-0.1, -0.05) is 25.0 Å². The van der Waals surface area contributed by atoms with Crippen molar-refractivity contribution in [1.29, 1.82) is 0 Å². The Morgan fingerprint density at radius 2 is 1.66 bits per heavy atom. The van der Waals surface area contributed by atoms with Crippen LogP contribution >= 0.6 is 0 Å². The Labute approximate surface area is 164 Å². The highest BCUT2D eigenvalue weighted by molar-refractivity contribution is 6.07. The average Bonchev–Trinajstić information content (AvgIpc) is 2.91. The van der Waals surface area contributed by atoms with Crippen LogP contribution in [0.1, 0.15) is 31.2 Å². The molecule has 3 rings (SSSR count). The molecule has 3 amide bonds. The van der Waals surface area contributed by atoms with Gasteiger partial charge in [0.1, 0.15) is 6.54 Å². The van der Waals surface area contributed by atoms with Crippen LogP contribution in [0.25, 0.3) is 0 Å². The Morgan fingerprint density at radius 3 is 2.24 bits per heavy atom. The third-order valence-electron chi connectivity index (χ3n) is 5.09. The third kappa shape index (κ3) is 4.57. The van der Waals surface area contributed by atoms with Crippen molar-refractivity contribution in [3.8, 4) is 0 Å². The van der Waals surface area contributed by atoms with Crippen molar-refractivity contribution >= 4 is 29.4 Å². The smallest absolute Gasteiger partial charge is 0.418 e. The number of hydrogen-bond donors (Lipinski definition) is 1. The number of amides is 3. The van der Waals surface area contributed by atoms with Gasteiger partial charge in [0, 0.05) is 0 Å². The molecule has 1 saturated carbocycles. The summed E-state index contributed by atoms with van der Waals surface area (Å²) in [6.45, 7) is -1.45. The van der Waals surface area contributed by atoms with E-state index in [1.165, 1.54) is 12.1 Å². The first-order valence-electron chi connectivity index (χ1n) is 9.15. The van der Waals surface area contributed by atoms with Crippen molar-refractivity contribution in [2.75, 3.05) is 18.5 Å². The van der Waals surface area contributed by atoms with E-state index in [0.29, 0.717) is 12.8 Å². The zero-order chi connectivity index (χ0) is 21.2. The summed E-state index contributed by atoms with van der Waals surface area (Å²) >= 11 is 0. The minimum absolute atomic E-state index is 0.411. The van der Waals surface area contributed by atoms with Gasteiger partial charge >= 0.3 is 12.1 Å². The number of rotatable bonds is 5. The largest absolute Gasteiger partial charge is 0.454 e. The van der Waals surface area contributed by atoms with Gasteiger partial charge < -0.3 is 10.1 Å². The molecule has 2 atom stereocenters. The van der Waals surface area contributed by atoms with Gasteiger partial charge in [-0.05, 0) is 25.0 Å². The summed E-state index contributed by atoms with van der Waals surface area (Å²) < 4.78 is 43.5. The summed E-state index contributed by atoms with van der Waals surface area (Å²) in [5.74, 6) is -3.61. The number of esters is 1. The topological polar surface area (TPSA) is 92.8 Å². The molecule has 0 spiro atoms. The maximum absolute atomic E-state index is 12.9. The molecule has 0 aromatic heterocycles. The van der Waals surface area contributed by atoms with Crippen LogP contribution in [0.15, 0.2) is 24.3 Å². The molecule has 0 radical (unpaired) electrons. The summed E-state index contributed by atoms with van der Waals surface area (Å²) in [6.07, 6.45) is -1.77. The fraction of sp³-hybridized carbons (Fsp3) is 0.474. The van der Waals surface area contributed by atoms with Crippen LogP contribution in [0, 0.1) is 11.8 Å². The molecular weight excluding hydrogens is 393 g/mol. The van der Waals surface area contributed by atoms with E-state index in [4.69, 9.17) is 4.74 Å². The number of para-hydroxylation sites is 1. The fourth-order valence-corrected chi connectivity index (χ4v) is 3.73. The predicted molar refractivity (Wildman–Crippen MR) is 93.2 cm³/mol. The van der Waals surface area contributed by atoms with Gasteiger partial charge in [0.25, 0.3) is 5.91 Å². The number of carbonyl (C=O) groups is 4. The van der Waals surface area contributed by atoms with Crippen molar-refractivity contribution in [2.45, 2.75) is 31.9 Å². The quantitative estimate of drug-likeness (QED) is 0.592. The van der Waals surface area contributed by atoms with E-state index >= 15 is 0 Å². The number of anilines is 1. The molecule has 1 heterocycles. The standard InChI is InChI=1S/C19H19F3N2O5/c20-19(21,22)13-7-3-4-8-14(13)23-15(25)10-29-16(26)9-24-17(27)11-5-1-2-6-12(11)18(24)28/h3-4,7-8,11-12H,1-2,5-6,9-10H2,(H,23,25)/t11-,12+. The second-order valence-corrected chi connectivity index (χ2v) is 7.01. The van der Waals surface area contributed by atoms with Crippen LogP contribution in [0.3, 0.4) is 0 Å². The van der Waals surface area contributed by atoms with E-state index in [0.717, 1.165) is 29.9 Å². The lowest BCUT2D eigenvalue weighted by molar-refractivity contribution is -0.154. The molecular formula is C19H19F3N2O5. The highest BCUT2D eigenvalue weighted by Crippen LogP contribution is 2.38. The number of fused-ring (bicyclic) bond motifs is 1. The van der Waals surface area contributed by atoms with Crippen molar-refractivity contribution in [2.24, 2.45) is 11.8 Å². The zero-order valence-electron chi connectivity index (χ0n) is 15.3. The number of imide groups is 1. The lowest BCUT2D eigenvalue weighted by Gasteiger charge is -2.19. The number of alkyl halides is 3. The maximum atomic E-state index is 12.9. The molecule has 156 valence electrons. The number of hydrogen-bond acceptors (Lipinski definition) is 5. The number of halogens is 3. The molecule has 10 heteroatoms. The molecule has 1 N–H and O–H groups in total. The lowest BCUT2D eigenvalue weighted by atomic mass is 9.81. The Morgan fingerprint density at radius 1 is 1.07 bits per heavy atom. The number of benzene rings is 1. The van der Waals surface area contributed by atoms with Crippen LogP contribution in [-0.2, 0) is 30.1 Å². The molecule has 2 aliphatic rings. The van der Waals surface area contributed by atoms with Gasteiger partial charge in [0.05, 0.1) is 23.1 Å². The van der Waals surface area contributed by atoms with E-state index in [2.05, 4.69) is 0 Å². The monoisotopic (exact) mass is 412 g/mol. The summed E-state index contributed by atoms with van der Waals surface area (Å²) in [4.78, 5) is 49.3. The average molecular weight is 412 g/mol. The highest BCUT2D eigenvalue weighted by Gasteiger charge is 2.48. The first-order chi connectivity index (χ1) is 13.7. The van der Waals surface area contributed by atoms with E-state index in [9.17, 15) is 32.3 Å². The van der Waals surface area contributed by atoms with Crippen molar-refractivity contribution in [1.82, 2.24) is 4.90 Å². The lowest BCUT2D eigenvalue weighted by Crippen LogP contribution is -2.37. The number of nitrogens with one attached hydrogen (secondary N) is 1. The summed E-state index contributed by atoms with van der Waals surface area (Å²) in [7, 11) is 0. The van der Waals surface area contributed by atoms with Crippen LogP contribution in [-0.4, -0.2) is 41.7 Å². The van der Waals surface area contributed by atoms with Crippen LogP contribution in [0.2, 0.25) is 0 Å². The molecule has 29 heavy (non-hydrogen) atoms. The van der Waals surface area contributed by atoms with Gasteiger partial charge in [-0.25, -0.2) is 0 Å². The molecule has 1 aliphatic carbocycles. The fourth-order valence-electron chi connectivity index (χ4n) is 3.73. The molecule has 1 saturated heterocycles. The zero-order valence-corrected chi connectivity index (χ0v) is 15.3. The number of nitrogens with zero attached hydrogens (tertiary/aromatic N) is 1.